The fraction of sp³-hybridized carbons (Fsp3) is 0.778. The van der Waals surface area contributed by atoms with E-state index < -0.39 is 17.5 Å². The average molecular weight is 234 g/mol. The van der Waals surface area contributed by atoms with Gasteiger partial charge in [0.05, 0.1) is 0 Å². The molecular formula is C9H18N2O3S. The normalized spacial score (nSPS) is 13.1. The van der Waals surface area contributed by atoms with E-state index in [0.717, 1.165) is 5.75 Å². The summed E-state index contributed by atoms with van der Waals surface area (Å²) < 4.78 is 0. The average Bonchev–Trinajstić information content (AvgIpc) is 2.02. The molecule has 0 aliphatic carbocycles. The summed E-state index contributed by atoms with van der Waals surface area (Å²) in [4.78, 5) is 22.1. The Bertz CT molecular complexity index is 244. The van der Waals surface area contributed by atoms with E-state index >= 15 is 0 Å². The predicted molar refractivity (Wildman–Crippen MR) is 61.2 cm³/mol. The second-order valence-electron chi connectivity index (χ2n) is 3.89. The van der Waals surface area contributed by atoms with Gasteiger partial charge in [0.1, 0.15) is 5.54 Å². The van der Waals surface area contributed by atoms with Gasteiger partial charge in [0.25, 0.3) is 0 Å². The van der Waals surface area contributed by atoms with Gasteiger partial charge in [-0.3, -0.25) is 0 Å². The van der Waals surface area contributed by atoms with Crippen LogP contribution in [0.15, 0.2) is 0 Å². The summed E-state index contributed by atoms with van der Waals surface area (Å²) >= 11 is 1.62. The molecular weight excluding hydrogens is 216 g/mol. The van der Waals surface area contributed by atoms with E-state index in [9.17, 15) is 9.59 Å². The van der Waals surface area contributed by atoms with Crippen molar-refractivity contribution < 1.29 is 14.7 Å². The van der Waals surface area contributed by atoms with Crippen LogP contribution in [0.5, 0.6) is 0 Å². The molecule has 0 bridgehead atoms. The minimum absolute atomic E-state index is 0.0181. The number of carboxylic acid groups (broad SMARTS) is 1. The second-order valence-corrected chi connectivity index (χ2v) is 4.80. The highest BCUT2D eigenvalue weighted by Crippen LogP contribution is 2.02. The molecule has 5 nitrogen and oxygen atoms in total. The molecule has 0 radical (unpaired) electrons. The molecule has 0 aliphatic rings. The molecule has 0 aromatic carbocycles. The van der Waals surface area contributed by atoms with Gasteiger partial charge in [0.2, 0.25) is 0 Å². The van der Waals surface area contributed by atoms with E-state index in [4.69, 9.17) is 5.11 Å². The molecule has 1 unspecified atom stereocenters. The van der Waals surface area contributed by atoms with Crippen LogP contribution in [0.1, 0.15) is 20.8 Å². The number of carbonyl (C=O) groups is 2. The molecule has 2 amide bonds. The lowest BCUT2D eigenvalue weighted by Gasteiger charge is -2.22. The van der Waals surface area contributed by atoms with Crippen LogP contribution in [0.25, 0.3) is 0 Å². The van der Waals surface area contributed by atoms with Crippen molar-refractivity contribution >= 4 is 23.8 Å². The Morgan fingerprint density at radius 1 is 1.47 bits per heavy atom. The summed E-state index contributed by atoms with van der Waals surface area (Å²) in [6.07, 6.45) is 1.94. The highest BCUT2D eigenvalue weighted by atomic mass is 32.2. The summed E-state index contributed by atoms with van der Waals surface area (Å²) in [6, 6.07) is -0.437. The van der Waals surface area contributed by atoms with E-state index in [2.05, 4.69) is 10.6 Å². The van der Waals surface area contributed by atoms with E-state index in [-0.39, 0.29) is 6.04 Å². The number of carbonyl (C=O) groups excluding carboxylic acids is 1. The molecule has 0 saturated heterocycles. The minimum atomic E-state index is -1.25. The Balaban J connectivity index is 4.09. The van der Waals surface area contributed by atoms with Crippen molar-refractivity contribution in [2.75, 3.05) is 12.0 Å². The van der Waals surface area contributed by atoms with Crippen LogP contribution < -0.4 is 10.6 Å². The maximum atomic E-state index is 11.4. The molecule has 15 heavy (non-hydrogen) atoms. The van der Waals surface area contributed by atoms with Crippen molar-refractivity contribution in [2.45, 2.75) is 32.4 Å². The lowest BCUT2D eigenvalue weighted by atomic mass is 10.1. The number of hydrogen-bond donors (Lipinski definition) is 3. The van der Waals surface area contributed by atoms with Gasteiger partial charge in [-0.05, 0) is 27.0 Å². The molecule has 1 atom stereocenters. The molecule has 0 heterocycles. The Morgan fingerprint density at radius 3 is 2.40 bits per heavy atom. The van der Waals surface area contributed by atoms with Gasteiger partial charge in [-0.25, -0.2) is 9.59 Å². The van der Waals surface area contributed by atoms with E-state index in [1.165, 1.54) is 13.8 Å². The maximum Gasteiger partial charge on any atom is 0.328 e. The first-order chi connectivity index (χ1) is 6.79. The summed E-state index contributed by atoms with van der Waals surface area (Å²) in [5.41, 5.74) is -1.25. The number of nitrogens with one attached hydrogen (secondary N) is 2. The van der Waals surface area contributed by atoms with Crippen LogP contribution >= 0.6 is 11.8 Å². The second kappa shape index (κ2) is 5.85. The van der Waals surface area contributed by atoms with Gasteiger partial charge >= 0.3 is 12.0 Å². The van der Waals surface area contributed by atoms with Gasteiger partial charge < -0.3 is 15.7 Å². The zero-order chi connectivity index (χ0) is 12.1. The van der Waals surface area contributed by atoms with E-state index in [1.54, 1.807) is 11.8 Å². The quantitative estimate of drug-likeness (QED) is 0.660. The van der Waals surface area contributed by atoms with E-state index in [0.29, 0.717) is 0 Å². The lowest BCUT2D eigenvalue weighted by molar-refractivity contribution is -0.142. The van der Waals surface area contributed by atoms with Crippen molar-refractivity contribution in [3.05, 3.63) is 0 Å². The van der Waals surface area contributed by atoms with Gasteiger partial charge in [-0.2, -0.15) is 11.8 Å². The molecule has 0 saturated carbocycles. The van der Waals surface area contributed by atoms with Crippen molar-refractivity contribution in [2.24, 2.45) is 0 Å². The minimum Gasteiger partial charge on any atom is -0.480 e. The molecule has 0 aromatic rings. The van der Waals surface area contributed by atoms with Crippen molar-refractivity contribution in [1.29, 1.82) is 0 Å². The van der Waals surface area contributed by atoms with Crippen LogP contribution in [0.2, 0.25) is 0 Å². The SMILES string of the molecule is CSCC(C)NC(=O)NC(C)(C)C(=O)O. The maximum absolute atomic E-state index is 11.4. The zero-order valence-corrected chi connectivity index (χ0v) is 10.3. The van der Waals surface area contributed by atoms with Crippen molar-refractivity contribution in [3.8, 4) is 0 Å². The van der Waals surface area contributed by atoms with E-state index in [1.807, 2.05) is 13.2 Å². The van der Waals surface area contributed by atoms with Crippen molar-refractivity contribution in [3.63, 3.8) is 0 Å². The summed E-state index contributed by atoms with van der Waals surface area (Å²) in [5, 5.41) is 13.8. The molecule has 0 spiro atoms. The van der Waals surface area contributed by atoms with Gasteiger partial charge in [-0.15, -0.1) is 0 Å². The first-order valence-electron chi connectivity index (χ1n) is 4.60. The van der Waals surface area contributed by atoms with Gasteiger partial charge in [0.15, 0.2) is 0 Å². The molecule has 88 valence electrons. The number of rotatable bonds is 5. The van der Waals surface area contributed by atoms with Gasteiger partial charge in [0, 0.05) is 11.8 Å². The summed E-state index contributed by atoms with van der Waals surface area (Å²) in [5.74, 6) is -0.267. The van der Waals surface area contributed by atoms with Crippen LogP contribution in [-0.4, -0.2) is 40.7 Å². The Kier molecular flexibility index (Phi) is 5.49. The van der Waals surface area contributed by atoms with Crippen LogP contribution in [0.4, 0.5) is 4.79 Å². The van der Waals surface area contributed by atoms with Crippen molar-refractivity contribution in [1.82, 2.24) is 10.6 Å². The lowest BCUT2D eigenvalue weighted by Crippen LogP contribution is -2.54. The first kappa shape index (κ1) is 14.1. The van der Waals surface area contributed by atoms with Crippen LogP contribution in [0, 0.1) is 0 Å². The molecule has 0 aliphatic heterocycles. The number of thioether (sulfide) groups is 1. The highest BCUT2D eigenvalue weighted by Gasteiger charge is 2.29. The topological polar surface area (TPSA) is 78.4 Å². The third-order valence-electron chi connectivity index (χ3n) is 1.75. The zero-order valence-electron chi connectivity index (χ0n) is 9.46. The Morgan fingerprint density at radius 2 is 2.00 bits per heavy atom. The molecule has 0 aromatic heterocycles. The monoisotopic (exact) mass is 234 g/mol. The fourth-order valence-electron chi connectivity index (χ4n) is 0.889. The number of carboxylic acids is 1. The van der Waals surface area contributed by atoms with Gasteiger partial charge in [-0.1, -0.05) is 0 Å². The highest BCUT2D eigenvalue weighted by molar-refractivity contribution is 7.98. The first-order valence-corrected chi connectivity index (χ1v) is 6.00. The van der Waals surface area contributed by atoms with Crippen LogP contribution in [0.3, 0.4) is 0 Å². The third-order valence-corrected chi connectivity index (χ3v) is 2.59. The third kappa shape index (κ3) is 5.51. The summed E-state index contributed by atoms with van der Waals surface area (Å²) in [6.45, 7) is 4.74. The largest absolute Gasteiger partial charge is 0.480 e. The molecule has 0 rings (SSSR count). The fourth-order valence-corrected chi connectivity index (χ4v) is 1.47. The number of hydrogen-bond acceptors (Lipinski definition) is 3. The number of aliphatic carboxylic acids is 1. The Hall–Kier alpha value is -0.910. The molecule has 3 N–H and O–H groups in total. The predicted octanol–water partition coefficient (Wildman–Crippen LogP) is 0.900. The Labute approximate surface area is 94.0 Å². The standard InChI is InChI=1S/C9H18N2O3S/c1-6(5-15-4)10-8(14)11-9(2,3)7(12)13/h6H,5H2,1-4H3,(H,12,13)(H2,10,11,14). The smallest absolute Gasteiger partial charge is 0.328 e. The molecule has 6 heteroatoms. The summed E-state index contributed by atoms with van der Waals surface area (Å²) in [7, 11) is 0. The molecule has 0 fully saturated rings. The van der Waals surface area contributed by atoms with Crippen LogP contribution in [-0.2, 0) is 4.79 Å². The number of urea groups is 1. The number of amides is 2.